The summed E-state index contributed by atoms with van der Waals surface area (Å²) >= 11 is 0. The number of benzene rings is 3. The van der Waals surface area contributed by atoms with Crippen molar-refractivity contribution in [3.63, 3.8) is 0 Å². The van der Waals surface area contributed by atoms with Crippen LogP contribution in [0.5, 0.6) is 0 Å². The summed E-state index contributed by atoms with van der Waals surface area (Å²) in [4.78, 5) is 100. The van der Waals surface area contributed by atoms with Gasteiger partial charge >= 0.3 is 23.9 Å². The quantitative estimate of drug-likeness (QED) is 0.0410. The van der Waals surface area contributed by atoms with Crippen LogP contribution >= 0.6 is 0 Å². The molecule has 17 nitrogen and oxygen atoms in total. The van der Waals surface area contributed by atoms with E-state index in [-0.39, 0.29) is 86.5 Å². The first-order valence-electron chi connectivity index (χ1n) is 24.2. The van der Waals surface area contributed by atoms with Crippen LogP contribution in [-0.4, -0.2) is 107 Å². The van der Waals surface area contributed by atoms with E-state index in [1.807, 2.05) is 61.5 Å². The molecule has 0 aromatic heterocycles. The monoisotopic (exact) mass is 944 g/mol. The lowest BCUT2D eigenvalue weighted by Crippen LogP contribution is -2.51. The normalized spacial score (nSPS) is 17.1. The molecule has 0 heterocycles. The van der Waals surface area contributed by atoms with Gasteiger partial charge in [0.25, 0.3) is 0 Å². The third kappa shape index (κ3) is 18.5. The Morgan fingerprint density at radius 3 is 2.01 bits per heavy atom. The minimum atomic E-state index is -1.53. The molecule has 1 saturated carbocycles. The predicted molar refractivity (Wildman–Crippen MR) is 257 cm³/mol. The molecular weight excluding hydrogens is 873 g/mol. The average molecular weight is 944 g/mol. The number of carbonyl (C=O) groups is 8. The summed E-state index contributed by atoms with van der Waals surface area (Å²) in [5, 5.41) is 43.1. The molecule has 0 radical (unpaired) electrons. The van der Waals surface area contributed by atoms with Crippen LogP contribution in [0.15, 0.2) is 66.7 Å². The molecular formula is C51H70N6O11. The Bertz CT molecular complexity index is 2220. The first kappa shape index (κ1) is 52.8. The number of hydrogen-bond acceptors (Lipinski definition) is 10. The van der Waals surface area contributed by atoms with Crippen LogP contribution in [0, 0.1) is 23.7 Å². The largest absolute Gasteiger partial charge is 0.481 e. The van der Waals surface area contributed by atoms with Gasteiger partial charge in [-0.25, -0.2) is 14.4 Å². The summed E-state index contributed by atoms with van der Waals surface area (Å²) in [6, 6.07) is 17.0. The smallest absolute Gasteiger partial charge is 0.326 e. The van der Waals surface area contributed by atoms with E-state index in [1.165, 1.54) is 5.56 Å². The molecule has 1 aliphatic carbocycles. The number of rotatable bonds is 30. The molecule has 370 valence electrons. The highest BCUT2D eigenvalue weighted by atomic mass is 16.4. The molecule has 4 amide bonds. The molecule has 0 saturated heterocycles. The lowest BCUT2D eigenvalue weighted by Gasteiger charge is -2.29. The van der Waals surface area contributed by atoms with Crippen molar-refractivity contribution in [1.82, 2.24) is 26.6 Å². The van der Waals surface area contributed by atoms with E-state index in [2.05, 4.69) is 58.3 Å². The highest BCUT2D eigenvalue weighted by Crippen LogP contribution is 2.31. The molecule has 4 rings (SSSR count). The number of nitrogens with two attached hydrogens (primary N) is 1. The first-order chi connectivity index (χ1) is 32.9. The van der Waals surface area contributed by atoms with Crippen LogP contribution in [0.25, 0.3) is 10.8 Å². The molecule has 3 aromatic carbocycles. The van der Waals surface area contributed by atoms with E-state index >= 15 is 0 Å². The van der Waals surface area contributed by atoms with Crippen LogP contribution in [0.2, 0.25) is 1.41 Å². The standard InChI is InChI=1S/C51H70N6O11/c1-31(2)24-33-11-16-36(17-12-33)32(3)45(59)30-53-29-41(52)48(63)55-28-34-13-19-38(20-14-34)44(58)27-40(26-35-15-18-37-8-4-5-9-39(37)25-35)47(62)54-23-7-6-10-42(49(64)65)56-51(68)57-43(50(66)67)21-22-46(60)61/h4-5,8-9,11-12,15-18,25,31-32,34,38,40-43,53H,6-7,10,13-14,19-24,26-30,52H2,1-3H3,(H,54,62)(H,55,63)(H,60,61)(H,64,65)(H,66,67)(H2,56,57,68)/i/hD. The van der Waals surface area contributed by atoms with Crippen LogP contribution in [0.1, 0.15) is 108 Å². The van der Waals surface area contributed by atoms with E-state index < -0.39 is 54.4 Å². The SMILES string of the molecule is [2H]NC(CNCC(=O)C(C)c1ccc(CC(C)C)cc1)C(=O)NCC1CCC(C(=O)CC(Cc2ccc3ccccc3c2)C(=O)NCCCCC(NC(=O)NC(CCC(=O)O)C(=O)O)C(=O)O)CC1. The molecule has 0 spiro atoms. The van der Waals surface area contributed by atoms with Gasteiger partial charge in [-0.1, -0.05) is 87.5 Å². The van der Waals surface area contributed by atoms with Gasteiger partial charge in [0.15, 0.2) is 5.78 Å². The Morgan fingerprint density at radius 1 is 0.735 bits per heavy atom. The third-order valence-electron chi connectivity index (χ3n) is 12.6. The number of aliphatic carboxylic acids is 3. The minimum Gasteiger partial charge on any atom is -0.481 e. The number of hydrogen-bond donors (Lipinski definition) is 9. The average Bonchev–Trinajstić information content (AvgIpc) is 3.32. The second-order valence-corrected chi connectivity index (χ2v) is 18.5. The lowest BCUT2D eigenvalue weighted by molar-refractivity contribution is -0.141. The van der Waals surface area contributed by atoms with Gasteiger partial charge in [-0.15, -0.1) is 0 Å². The number of Topliss-reactive ketones (excluding diaryl/α,β-unsaturated/α-hetero) is 2. The first-order valence-corrected chi connectivity index (χ1v) is 23.7. The summed E-state index contributed by atoms with van der Waals surface area (Å²) < 4.78 is 7.74. The van der Waals surface area contributed by atoms with Gasteiger partial charge in [0, 0.05) is 50.2 Å². The van der Waals surface area contributed by atoms with Crippen molar-refractivity contribution in [2.24, 2.45) is 29.4 Å². The Hall–Kier alpha value is -6.20. The van der Waals surface area contributed by atoms with Crippen molar-refractivity contribution < 1.29 is 55.1 Å². The maximum atomic E-state index is 13.8. The maximum Gasteiger partial charge on any atom is 0.326 e. The van der Waals surface area contributed by atoms with E-state index in [1.54, 1.807) is 0 Å². The predicted octanol–water partition coefficient (Wildman–Crippen LogP) is 4.73. The number of ketones is 2. The number of carboxylic acids is 3. The van der Waals surface area contributed by atoms with Gasteiger partial charge < -0.3 is 47.6 Å². The van der Waals surface area contributed by atoms with Crippen LogP contribution in [-0.2, 0) is 46.4 Å². The van der Waals surface area contributed by atoms with Crippen LogP contribution in [0.4, 0.5) is 4.79 Å². The fraction of sp³-hybridized carbons (Fsp3) is 0.529. The van der Waals surface area contributed by atoms with E-state index in [4.69, 9.17) is 6.52 Å². The highest BCUT2D eigenvalue weighted by Gasteiger charge is 2.31. The molecule has 17 heteroatoms. The van der Waals surface area contributed by atoms with Crippen molar-refractivity contribution in [3.05, 3.63) is 83.4 Å². The van der Waals surface area contributed by atoms with Gasteiger partial charge in [0.2, 0.25) is 11.8 Å². The summed E-state index contributed by atoms with van der Waals surface area (Å²) in [7, 11) is 0. The molecule has 0 aliphatic heterocycles. The van der Waals surface area contributed by atoms with E-state index in [0.29, 0.717) is 51.0 Å². The number of carboxylic acid groups (broad SMARTS) is 3. The summed E-state index contributed by atoms with van der Waals surface area (Å²) in [6.07, 6.45) is 3.56. The molecule has 10 N–H and O–H groups in total. The van der Waals surface area contributed by atoms with Crippen molar-refractivity contribution >= 4 is 58.1 Å². The van der Waals surface area contributed by atoms with E-state index in [0.717, 1.165) is 28.3 Å². The molecule has 5 atom stereocenters. The Labute approximate surface area is 399 Å². The minimum absolute atomic E-state index is 0.0169. The van der Waals surface area contributed by atoms with Crippen molar-refractivity contribution in [1.29, 1.82) is 0 Å². The number of amides is 4. The summed E-state index contributed by atoms with van der Waals surface area (Å²) in [5.41, 5.74) is 5.33. The van der Waals surface area contributed by atoms with Crippen molar-refractivity contribution in [2.75, 3.05) is 26.2 Å². The van der Waals surface area contributed by atoms with Gasteiger partial charge in [0.1, 0.15) is 19.3 Å². The topological polar surface area (TPSA) is 283 Å². The van der Waals surface area contributed by atoms with Crippen LogP contribution in [0.3, 0.4) is 0 Å². The molecule has 5 unspecified atom stereocenters. The van der Waals surface area contributed by atoms with Gasteiger partial charge in [-0.05, 0) is 104 Å². The Balaban J connectivity index is 1.24. The van der Waals surface area contributed by atoms with Gasteiger partial charge in [-0.3, -0.25) is 24.0 Å². The zero-order valence-corrected chi connectivity index (χ0v) is 39.4. The summed E-state index contributed by atoms with van der Waals surface area (Å²) in [6.45, 7) is 6.88. The van der Waals surface area contributed by atoms with Gasteiger partial charge in [0.05, 0.1) is 12.6 Å². The number of unbranched alkanes of at least 4 members (excludes halogenated alkanes) is 1. The second kappa shape index (κ2) is 27.6. The number of urea groups is 1. The maximum absolute atomic E-state index is 13.8. The van der Waals surface area contributed by atoms with Crippen molar-refractivity contribution in [3.8, 4) is 0 Å². The lowest BCUT2D eigenvalue weighted by atomic mass is 9.77. The number of fused-ring (bicyclic) bond motifs is 1. The molecule has 68 heavy (non-hydrogen) atoms. The fourth-order valence-corrected chi connectivity index (χ4v) is 8.53. The van der Waals surface area contributed by atoms with E-state index in [9.17, 15) is 48.6 Å². The zero-order chi connectivity index (χ0) is 50.5. The fourth-order valence-electron chi connectivity index (χ4n) is 8.53. The third-order valence-corrected chi connectivity index (χ3v) is 12.6. The summed E-state index contributed by atoms with van der Waals surface area (Å²) in [5.74, 6) is -5.37. The Kier molecular flexibility index (Phi) is 21.4. The molecule has 1 aliphatic rings. The highest BCUT2D eigenvalue weighted by molar-refractivity contribution is 5.90. The zero-order valence-electron chi connectivity index (χ0n) is 40.4. The number of carbonyl (C=O) groups excluding carboxylic acids is 5. The van der Waals surface area contributed by atoms with Gasteiger partial charge in [-0.2, -0.15) is 0 Å². The molecule has 1 fully saturated rings. The second-order valence-electron chi connectivity index (χ2n) is 18.5. The Morgan fingerprint density at radius 2 is 1.38 bits per heavy atom. The van der Waals surface area contributed by atoms with Crippen molar-refractivity contribution in [2.45, 2.75) is 122 Å². The number of nitrogens with one attached hydrogen (secondary N) is 5. The molecule has 3 aromatic rings. The molecule has 0 bridgehead atoms. The van der Waals surface area contributed by atoms with Crippen LogP contribution < -0.4 is 32.3 Å².